The van der Waals surface area contributed by atoms with E-state index in [0.29, 0.717) is 24.5 Å². The van der Waals surface area contributed by atoms with E-state index in [2.05, 4.69) is 9.97 Å². The Labute approximate surface area is 135 Å². The summed E-state index contributed by atoms with van der Waals surface area (Å²) in [6.07, 6.45) is 6.75. The highest BCUT2D eigenvalue weighted by molar-refractivity contribution is 5.94. The van der Waals surface area contributed by atoms with Crippen LogP contribution in [-0.4, -0.2) is 47.1 Å². The lowest BCUT2D eigenvalue weighted by Gasteiger charge is -2.32. The molecule has 0 saturated carbocycles. The van der Waals surface area contributed by atoms with Crippen molar-refractivity contribution in [1.82, 2.24) is 14.9 Å². The molecular weight excluding hydrogens is 294 g/mol. The molecule has 2 aromatic rings. The Balaban J connectivity index is 1.54. The number of likely N-dealkylation sites (tertiary alicyclic amines) is 1. The van der Waals surface area contributed by atoms with Crippen molar-refractivity contribution >= 4 is 5.91 Å². The van der Waals surface area contributed by atoms with Crippen molar-refractivity contribution < 1.29 is 14.3 Å². The zero-order valence-electron chi connectivity index (χ0n) is 13.0. The van der Waals surface area contributed by atoms with Gasteiger partial charge in [0.2, 0.25) is 5.88 Å². The summed E-state index contributed by atoms with van der Waals surface area (Å²) in [6, 6.07) is 7.14. The minimum absolute atomic E-state index is 0.00233. The molecule has 2 aromatic heterocycles. The van der Waals surface area contributed by atoms with Crippen LogP contribution in [-0.2, 0) is 0 Å². The number of carbonyl (C=O) groups is 1. The number of pyridine rings is 2. The highest BCUT2D eigenvalue weighted by Gasteiger charge is 2.24. The third kappa shape index (κ3) is 3.77. The molecule has 1 saturated heterocycles. The minimum atomic E-state index is 0.00233. The second-order valence-corrected chi connectivity index (χ2v) is 5.38. The molecule has 6 nitrogen and oxygen atoms in total. The molecule has 1 aliphatic heterocycles. The molecule has 0 aromatic carbocycles. The van der Waals surface area contributed by atoms with Crippen LogP contribution in [0.15, 0.2) is 42.9 Å². The summed E-state index contributed by atoms with van der Waals surface area (Å²) in [4.78, 5) is 22.4. The van der Waals surface area contributed by atoms with Crippen LogP contribution < -0.4 is 9.47 Å². The average molecular weight is 313 g/mol. The zero-order chi connectivity index (χ0) is 16.1. The number of hydrogen-bond acceptors (Lipinski definition) is 5. The monoisotopic (exact) mass is 313 g/mol. The Hall–Kier alpha value is -2.63. The number of ether oxygens (including phenoxy) is 2. The molecule has 0 unspecified atom stereocenters. The van der Waals surface area contributed by atoms with Gasteiger partial charge in [-0.2, -0.15) is 0 Å². The van der Waals surface area contributed by atoms with E-state index >= 15 is 0 Å². The summed E-state index contributed by atoms with van der Waals surface area (Å²) >= 11 is 0. The molecule has 1 aliphatic rings. The topological polar surface area (TPSA) is 64.5 Å². The molecule has 1 fully saturated rings. The van der Waals surface area contributed by atoms with Crippen LogP contribution in [0, 0.1) is 0 Å². The van der Waals surface area contributed by atoms with Crippen LogP contribution in [0.1, 0.15) is 23.2 Å². The number of nitrogens with zero attached hydrogens (tertiary/aromatic N) is 3. The summed E-state index contributed by atoms with van der Waals surface area (Å²) in [5.41, 5.74) is 0.583. The molecule has 3 heterocycles. The molecule has 0 radical (unpaired) electrons. The third-order valence-electron chi connectivity index (χ3n) is 3.87. The Morgan fingerprint density at radius 1 is 1.17 bits per heavy atom. The second kappa shape index (κ2) is 7.09. The summed E-state index contributed by atoms with van der Waals surface area (Å²) < 4.78 is 10.9. The minimum Gasteiger partial charge on any atom is -0.490 e. The summed E-state index contributed by atoms with van der Waals surface area (Å²) in [6.45, 7) is 1.36. The number of rotatable bonds is 4. The molecule has 3 rings (SSSR count). The summed E-state index contributed by atoms with van der Waals surface area (Å²) in [5, 5.41) is 0. The lowest BCUT2D eigenvalue weighted by molar-refractivity contribution is 0.0595. The van der Waals surface area contributed by atoms with Gasteiger partial charge in [0.15, 0.2) is 0 Å². The summed E-state index contributed by atoms with van der Waals surface area (Å²) in [5.74, 6) is 1.33. The van der Waals surface area contributed by atoms with Crippen LogP contribution in [0.25, 0.3) is 0 Å². The maximum absolute atomic E-state index is 12.5. The van der Waals surface area contributed by atoms with E-state index in [9.17, 15) is 4.79 Å². The first-order valence-electron chi connectivity index (χ1n) is 7.62. The predicted octanol–water partition coefficient (Wildman–Crippen LogP) is 2.17. The quantitative estimate of drug-likeness (QED) is 0.865. The van der Waals surface area contributed by atoms with Gasteiger partial charge in [0.25, 0.3) is 5.91 Å². The number of methoxy groups -OCH3 is 1. The van der Waals surface area contributed by atoms with Crippen molar-refractivity contribution in [3.05, 3.63) is 48.4 Å². The second-order valence-electron chi connectivity index (χ2n) is 5.38. The lowest BCUT2D eigenvalue weighted by atomic mass is 10.1. The van der Waals surface area contributed by atoms with Gasteiger partial charge in [0, 0.05) is 50.6 Å². The number of amides is 1. The van der Waals surface area contributed by atoms with Gasteiger partial charge in [0.1, 0.15) is 11.9 Å². The number of carbonyl (C=O) groups excluding carboxylic acids is 1. The first kappa shape index (κ1) is 15.3. The average Bonchev–Trinajstić information content (AvgIpc) is 2.63. The fourth-order valence-corrected chi connectivity index (χ4v) is 2.60. The third-order valence-corrected chi connectivity index (χ3v) is 3.87. The van der Waals surface area contributed by atoms with Gasteiger partial charge in [-0.05, 0) is 18.2 Å². The van der Waals surface area contributed by atoms with E-state index in [1.165, 1.54) is 0 Å². The van der Waals surface area contributed by atoms with Crippen molar-refractivity contribution in [3.8, 4) is 11.6 Å². The van der Waals surface area contributed by atoms with Crippen molar-refractivity contribution in [1.29, 1.82) is 0 Å². The lowest BCUT2D eigenvalue weighted by Crippen LogP contribution is -2.41. The van der Waals surface area contributed by atoms with Gasteiger partial charge in [-0.15, -0.1) is 0 Å². The SMILES string of the molecule is COc1ccc(C(=O)N2CCC(Oc3ccncc3)CC2)cn1. The van der Waals surface area contributed by atoms with Gasteiger partial charge in [0.05, 0.1) is 12.7 Å². The van der Waals surface area contributed by atoms with Crippen molar-refractivity contribution in [3.63, 3.8) is 0 Å². The van der Waals surface area contributed by atoms with Gasteiger partial charge < -0.3 is 14.4 Å². The fraction of sp³-hybridized carbons (Fsp3) is 0.353. The Morgan fingerprint density at radius 3 is 2.52 bits per heavy atom. The zero-order valence-corrected chi connectivity index (χ0v) is 13.0. The van der Waals surface area contributed by atoms with E-state index < -0.39 is 0 Å². The first-order chi connectivity index (χ1) is 11.3. The van der Waals surface area contributed by atoms with Gasteiger partial charge in [-0.1, -0.05) is 0 Å². The van der Waals surface area contributed by atoms with Crippen molar-refractivity contribution in [2.24, 2.45) is 0 Å². The predicted molar refractivity (Wildman–Crippen MR) is 84.6 cm³/mol. The molecular formula is C17H19N3O3. The van der Waals surface area contributed by atoms with E-state index in [1.807, 2.05) is 17.0 Å². The van der Waals surface area contributed by atoms with Crippen molar-refractivity contribution in [2.45, 2.75) is 18.9 Å². The molecule has 0 bridgehead atoms. The molecule has 120 valence electrons. The Kier molecular flexibility index (Phi) is 4.71. The Morgan fingerprint density at radius 2 is 1.91 bits per heavy atom. The van der Waals surface area contributed by atoms with E-state index in [-0.39, 0.29) is 12.0 Å². The molecule has 23 heavy (non-hydrogen) atoms. The fourth-order valence-electron chi connectivity index (χ4n) is 2.60. The highest BCUT2D eigenvalue weighted by atomic mass is 16.5. The van der Waals surface area contributed by atoms with E-state index in [1.54, 1.807) is 37.8 Å². The molecule has 0 aliphatic carbocycles. The van der Waals surface area contributed by atoms with Crippen LogP contribution in [0.4, 0.5) is 0 Å². The largest absolute Gasteiger partial charge is 0.490 e. The molecule has 6 heteroatoms. The van der Waals surface area contributed by atoms with E-state index in [0.717, 1.165) is 18.6 Å². The van der Waals surface area contributed by atoms with Crippen LogP contribution in [0.3, 0.4) is 0 Å². The maximum atomic E-state index is 12.5. The molecule has 0 atom stereocenters. The summed E-state index contributed by atoms with van der Waals surface area (Å²) in [7, 11) is 1.55. The smallest absolute Gasteiger partial charge is 0.255 e. The Bertz CT molecular complexity index is 638. The van der Waals surface area contributed by atoms with Gasteiger partial charge >= 0.3 is 0 Å². The highest BCUT2D eigenvalue weighted by Crippen LogP contribution is 2.19. The number of piperidine rings is 1. The number of hydrogen-bond donors (Lipinski definition) is 0. The number of aromatic nitrogens is 2. The van der Waals surface area contributed by atoms with E-state index in [4.69, 9.17) is 9.47 Å². The van der Waals surface area contributed by atoms with Crippen LogP contribution in [0.5, 0.6) is 11.6 Å². The van der Waals surface area contributed by atoms with Crippen LogP contribution in [0.2, 0.25) is 0 Å². The normalized spacial score (nSPS) is 15.3. The maximum Gasteiger partial charge on any atom is 0.255 e. The molecule has 0 spiro atoms. The van der Waals surface area contributed by atoms with Crippen LogP contribution >= 0.6 is 0 Å². The molecule has 0 N–H and O–H groups in total. The van der Waals surface area contributed by atoms with Gasteiger partial charge in [-0.3, -0.25) is 9.78 Å². The first-order valence-corrected chi connectivity index (χ1v) is 7.62. The standard InChI is InChI=1S/C17H19N3O3/c1-22-16-3-2-13(12-19-16)17(21)20-10-6-15(7-11-20)23-14-4-8-18-9-5-14/h2-5,8-9,12,15H,6-7,10-11H2,1H3. The van der Waals surface area contributed by atoms with Crippen molar-refractivity contribution in [2.75, 3.05) is 20.2 Å². The molecule has 1 amide bonds. The van der Waals surface area contributed by atoms with Gasteiger partial charge in [-0.25, -0.2) is 4.98 Å².